The van der Waals surface area contributed by atoms with Crippen LogP contribution in [0.3, 0.4) is 0 Å². The number of rotatable bonds is 2. The first kappa shape index (κ1) is 12.0. The first-order valence-electron chi connectivity index (χ1n) is 5.59. The molecule has 2 unspecified atom stereocenters. The number of aliphatic hydroxyl groups excluding tert-OH is 1. The second-order valence-electron chi connectivity index (χ2n) is 4.90. The van der Waals surface area contributed by atoms with E-state index in [1.165, 1.54) is 6.42 Å². The van der Waals surface area contributed by atoms with Gasteiger partial charge < -0.3 is 10.0 Å². The van der Waals surface area contributed by atoms with Crippen LogP contribution in [0.1, 0.15) is 20.3 Å². The summed E-state index contributed by atoms with van der Waals surface area (Å²) in [6.07, 6.45) is 0.995. The van der Waals surface area contributed by atoms with Crippen molar-refractivity contribution in [1.82, 2.24) is 9.80 Å². The lowest BCUT2D eigenvalue weighted by molar-refractivity contribution is 0.0267. The van der Waals surface area contributed by atoms with Crippen LogP contribution in [0.2, 0.25) is 0 Å². The fourth-order valence-electron chi connectivity index (χ4n) is 2.12. The first-order chi connectivity index (χ1) is 6.52. The van der Waals surface area contributed by atoms with Gasteiger partial charge in [-0.2, -0.15) is 0 Å². The largest absolute Gasteiger partial charge is 0.391 e. The molecule has 84 valence electrons. The minimum Gasteiger partial charge on any atom is -0.391 e. The topological polar surface area (TPSA) is 26.7 Å². The number of nitrogens with zero attached hydrogens (tertiary/aromatic N) is 2. The average Bonchev–Trinajstić information content (AvgIpc) is 2.27. The summed E-state index contributed by atoms with van der Waals surface area (Å²) in [7, 11) is 4.26. The van der Waals surface area contributed by atoms with E-state index in [0.717, 1.165) is 19.6 Å². The van der Waals surface area contributed by atoms with Crippen molar-refractivity contribution in [1.29, 1.82) is 0 Å². The zero-order valence-electron chi connectivity index (χ0n) is 9.90. The molecule has 3 heteroatoms. The molecule has 14 heavy (non-hydrogen) atoms. The molecule has 0 radical (unpaired) electrons. The van der Waals surface area contributed by atoms with Gasteiger partial charge in [0.25, 0.3) is 0 Å². The summed E-state index contributed by atoms with van der Waals surface area (Å²) in [4.78, 5) is 4.62. The van der Waals surface area contributed by atoms with E-state index in [4.69, 9.17) is 0 Å². The third-order valence-corrected chi connectivity index (χ3v) is 3.19. The normalized spacial score (nSPS) is 29.1. The van der Waals surface area contributed by atoms with Gasteiger partial charge in [0.05, 0.1) is 6.10 Å². The molecule has 0 aliphatic carbocycles. The Labute approximate surface area is 87.7 Å². The third kappa shape index (κ3) is 2.94. The molecule has 1 fully saturated rings. The maximum atomic E-state index is 10.1. The molecule has 1 aliphatic heterocycles. The van der Waals surface area contributed by atoms with Crippen LogP contribution < -0.4 is 0 Å². The summed E-state index contributed by atoms with van der Waals surface area (Å²) in [5.41, 5.74) is 0. The predicted molar refractivity (Wildman–Crippen MR) is 59.4 cm³/mol. The van der Waals surface area contributed by atoms with Crippen LogP contribution in [-0.4, -0.2) is 60.8 Å². The lowest BCUT2D eigenvalue weighted by atomic mass is 9.98. The molecule has 1 heterocycles. The summed E-state index contributed by atoms with van der Waals surface area (Å²) < 4.78 is 0. The lowest BCUT2D eigenvalue weighted by Gasteiger charge is -2.33. The van der Waals surface area contributed by atoms with E-state index >= 15 is 0 Å². The first-order valence-corrected chi connectivity index (χ1v) is 5.59. The summed E-state index contributed by atoms with van der Waals surface area (Å²) >= 11 is 0. The maximum absolute atomic E-state index is 10.1. The highest BCUT2D eigenvalue weighted by atomic mass is 16.3. The monoisotopic (exact) mass is 200 g/mol. The molecule has 1 aliphatic rings. The minimum absolute atomic E-state index is 0.208. The van der Waals surface area contributed by atoms with E-state index in [2.05, 4.69) is 37.7 Å². The molecule has 0 aromatic heterocycles. The number of hydrogen-bond acceptors (Lipinski definition) is 3. The van der Waals surface area contributed by atoms with Gasteiger partial charge in [-0.15, -0.1) is 0 Å². The van der Waals surface area contributed by atoms with E-state index in [1.54, 1.807) is 0 Å². The van der Waals surface area contributed by atoms with Gasteiger partial charge in [0, 0.05) is 12.6 Å². The predicted octanol–water partition coefficient (Wildman–Crippen LogP) is 0.639. The zero-order chi connectivity index (χ0) is 10.7. The Morgan fingerprint density at radius 3 is 2.43 bits per heavy atom. The highest BCUT2D eigenvalue weighted by molar-refractivity contribution is 4.84. The third-order valence-electron chi connectivity index (χ3n) is 3.19. The van der Waals surface area contributed by atoms with Crippen LogP contribution in [0.15, 0.2) is 0 Å². The summed E-state index contributed by atoms with van der Waals surface area (Å²) in [5, 5.41) is 10.1. The van der Waals surface area contributed by atoms with E-state index in [0.29, 0.717) is 12.0 Å². The molecule has 0 amide bonds. The van der Waals surface area contributed by atoms with Crippen molar-refractivity contribution in [3.63, 3.8) is 0 Å². The number of hydrogen-bond donors (Lipinski definition) is 1. The van der Waals surface area contributed by atoms with Crippen molar-refractivity contribution >= 4 is 0 Å². The minimum atomic E-state index is -0.208. The Bertz CT molecular complexity index is 173. The van der Waals surface area contributed by atoms with E-state index in [-0.39, 0.29) is 6.10 Å². The van der Waals surface area contributed by atoms with Gasteiger partial charge in [0.15, 0.2) is 0 Å². The van der Waals surface area contributed by atoms with Crippen molar-refractivity contribution in [3.05, 3.63) is 0 Å². The number of likely N-dealkylation sites (N-methyl/N-ethyl adjacent to an activating group) is 2. The SMILES string of the molecule is CC(C)C(O)C1CN(C)CCCN1C. The molecule has 0 spiro atoms. The quantitative estimate of drug-likeness (QED) is 0.708. The van der Waals surface area contributed by atoms with Gasteiger partial charge in [-0.25, -0.2) is 0 Å². The standard InChI is InChI=1S/C11H24N2O/c1-9(2)11(14)10-8-12(3)6-5-7-13(10)4/h9-11,14H,5-8H2,1-4H3. The lowest BCUT2D eigenvalue weighted by Crippen LogP contribution is -2.48. The number of aliphatic hydroxyl groups is 1. The molecule has 0 saturated carbocycles. The molecular weight excluding hydrogens is 176 g/mol. The van der Waals surface area contributed by atoms with E-state index in [9.17, 15) is 5.11 Å². The summed E-state index contributed by atoms with van der Waals surface area (Å²) in [5.74, 6) is 0.342. The average molecular weight is 200 g/mol. The zero-order valence-corrected chi connectivity index (χ0v) is 9.90. The fourth-order valence-corrected chi connectivity index (χ4v) is 2.12. The van der Waals surface area contributed by atoms with Crippen LogP contribution in [0.25, 0.3) is 0 Å². The Balaban J connectivity index is 2.62. The molecule has 1 N–H and O–H groups in total. The van der Waals surface area contributed by atoms with Crippen molar-refractivity contribution in [3.8, 4) is 0 Å². The van der Waals surface area contributed by atoms with E-state index < -0.39 is 0 Å². The van der Waals surface area contributed by atoms with E-state index in [1.807, 2.05) is 0 Å². The molecule has 2 atom stereocenters. The van der Waals surface area contributed by atoms with Gasteiger partial charge in [-0.1, -0.05) is 13.8 Å². The Kier molecular flexibility index (Phi) is 4.35. The Morgan fingerprint density at radius 1 is 1.21 bits per heavy atom. The molecule has 0 aromatic carbocycles. The van der Waals surface area contributed by atoms with Gasteiger partial charge in [-0.3, -0.25) is 4.90 Å². The van der Waals surface area contributed by atoms with Gasteiger partial charge >= 0.3 is 0 Å². The molecule has 1 rings (SSSR count). The van der Waals surface area contributed by atoms with Crippen LogP contribution in [-0.2, 0) is 0 Å². The molecule has 0 aromatic rings. The second-order valence-corrected chi connectivity index (χ2v) is 4.90. The molecule has 1 saturated heterocycles. The van der Waals surface area contributed by atoms with Crippen LogP contribution in [0, 0.1) is 5.92 Å². The maximum Gasteiger partial charge on any atom is 0.0730 e. The highest BCUT2D eigenvalue weighted by Gasteiger charge is 2.28. The van der Waals surface area contributed by atoms with Gasteiger partial charge in [0.2, 0.25) is 0 Å². The van der Waals surface area contributed by atoms with Gasteiger partial charge in [-0.05, 0) is 39.5 Å². The van der Waals surface area contributed by atoms with Crippen molar-refractivity contribution < 1.29 is 5.11 Å². The Hall–Kier alpha value is -0.120. The second kappa shape index (κ2) is 5.10. The van der Waals surface area contributed by atoms with Crippen molar-refractivity contribution in [2.75, 3.05) is 33.7 Å². The molecular formula is C11H24N2O. The summed E-state index contributed by atoms with van der Waals surface area (Å²) in [6, 6.07) is 0.294. The molecule has 0 bridgehead atoms. The summed E-state index contributed by atoms with van der Waals surface area (Å²) in [6.45, 7) is 7.40. The van der Waals surface area contributed by atoms with Crippen molar-refractivity contribution in [2.45, 2.75) is 32.4 Å². The van der Waals surface area contributed by atoms with Crippen molar-refractivity contribution in [2.24, 2.45) is 5.92 Å². The van der Waals surface area contributed by atoms with Gasteiger partial charge in [0.1, 0.15) is 0 Å². The highest BCUT2D eigenvalue weighted by Crippen LogP contribution is 2.15. The van der Waals surface area contributed by atoms with Crippen LogP contribution in [0.4, 0.5) is 0 Å². The smallest absolute Gasteiger partial charge is 0.0730 e. The molecule has 3 nitrogen and oxygen atoms in total. The fraction of sp³-hybridized carbons (Fsp3) is 1.00. The van der Waals surface area contributed by atoms with Crippen LogP contribution in [0.5, 0.6) is 0 Å². The Morgan fingerprint density at radius 2 is 1.86 bits per heavy atom. The van der Waals surface area contributed by atoms with Crippen LogP contribution >= 0.6 is 0 Å².